The van der Waals surface area contributed by atoms with Crippen LogP contribution in [0.25, 0.3) is 5.57 Å². The summed E-state index contributed by atoms with van der Waals surface area (Å²) in [7, 11) is 0. The number of carbonyl (C=O) groups excluding carboxylic acids is 1. The third kappa shape index (κ3) is 3.05. The molecule has 3 N–H and O–H groups in total. The lowest BCUT2D eigenvalue weighted by Crippen LogP contribution is -2.43. The van der Waals surface area contributed by atoms with Gasteiger partial charge in [-0.05, 0) is 29.8 Å². The minimum atomic E-state index is -0.367. The number of nitrogens with zero attached hydrogens (tertiary/aromatic N) is 1. The molecule has 0 bridgehead atoms. The molecule has 2 aromatic carbocycles. The number of hydrogen-bond acceptors (Lipinski definition) is 3. The van der Waals surface area contributed by atoms with Crippen molar-refractivity contribution in [2.75, 3.05) is 6.54 Å². The molecule has 23 heavy (non-hydrogen) atoms. The Kier molecular flexibility index (Phi) is 4.04. The molecule has 0 saturated heterocycles. The lowest BCUT2D eigenvalue weighted by atomic mass is 10.1. The van der Waals surface area contributed by atoms with E-state index in [4.69, 9.17) is 17.0 Å². The second-order valence-corrected chi connectivity index (χ2v) is 5.51. The Morgan fingerprint density at radius 1 is 1.13 bits per heavy atom. The molecule has 0 fully saturated rings. The summed E-state index contributed by atoms with van der Waals surface area (Å²) >= 11 is 5.80. The van der Waals surface area contributed by atoms with Gasteiger partial charge >= 0.3 is 0 Å². The number of amides is 1. The number of amidine groups is 1. The number of aliphatic hydroxyl groups is 1. The first-order valence-corrected chi connectivity index (χ1v) is 7.34. The lowest BCUT2D eigenvalue weighted by Gasteiger charge is -2.19. The third-order valence-electron chi connectivity index (χ3n) is 3.51. The Morgan fingerprint density at radius 2 is 1.78 bits per heavy atom. The number of rotatable bonds is 3. The highest BCUT2D eigenvalue weighted by Gasteiger charge is 2.29. The SMILES string of the molecule is N=C1C(c2ccccc2)=C(O)CN1NC(=O)c1ccc(Cl)cc1. The summed E-state index contributed by atoms with van der Waals surface area (Å²) in [5.74, 6) is -0.262. The van der Waals surface area contributed by atoms with E-state index in [1.165, 1.54) is 5.01 Å². The first-order chi connectivity index (χ1) is 11.1. The molecule has 1 amide bonds. The van der Waals surface area contributed by atoms with Crippen molar-refractivity contribution in [1.29, 1.82) is 5.41 Å². The Labute approximate surface area is 138 Å². The predicted molar refractivity (Wildman–Crippen MR) is 89.3 cm³/mol. The van der Waals surface area contributed by atoms with Crippen LogP contribution in [0, 0.1) is 5.41 Å². The molecule has 0 unspecified atom stereocenters. The fourth-order valence-corrected chi connectivity index (χ4v) is 2.50. The van der Waals surface area contributed by atoms with E-state index >= 15 is 0 Å². The molecule has 1 heterocycles. The molecule has 0 aliphatic carbocycles. The molecule has 0 aromatic heterocycles. The van der Waals surface area contributed by atoms with Crippen LogP contribution in [-0.4, -0.2) is 28.4 Å². The highest BCUT2D eigenvalue weighted by atomic mass is 35.5. The van der Waals surface area contributed by atoms with E-state index in [2.05, 4.69) is 5.43 Å². The zero-order chi connectivity index (χ0) is 16.4. The van der Waals surface area contributed by atoms with Crippen LogP contribution in [0.1, 0.15) is 15.9 Å². The molecule has 1 aliphatic heterocycles. The smallest absolute Gasteiger partial charge is 0.269 e. The van der Waals surface area contributed by atoms with Gasteiger partial charge in [0.2, 0.25) is 0 Å². The number of halogens is 1. The van der Waals surface area contributed by atoms with Crippen molar-refractivity contribution in [3.05, 3.63) is 76.5 Å². The fraction of sp³-hybridized carbons (Fsp3) is 0.0588. The highest BCUT2D eigenvalue weighted by molar-refractivity contribution is 6.30. The van der Waals surface area contributed by atoms with Gasteiger partial charge in [-0.2, -0.15) is 0 Å². The number of aliphatic hydroxyl groups excluding tert-OH is 1. The maximum Gasteiger partial charge on any atom is 0.269 e. The van der Waals surface area contributed by atoms with Gasteiger partial charge in [-0.15, -0.1) is 0 Å². The molecule has 0 spiro atoms. The van der Waals surface area contributed by atoms with Gasteiger partial charge in [0.25, 0.3) is 5.91 Å². The van der Waals surface area contributed by atoms with Crippen LogP contribution in [0.4, 0.5) is 0 Å². The quantitative estimate of drug-likeness (QED) is 0.810. The van der Waals surface area contributed by atoms with Crippen molar-refractivity contribution in [3.8, 4) is 0 Å². The molecular formula is C17H14ClN3O2. The highest BCUT2D eigenvalue weighted by Crippen LogP contribution is 2.26. The van der Waals surface area contributed by atoms with Crippen LogP contribution in [0.15, 0.2) is 60.4 Å². The maximum atomic E-state index is 12.2. The van der Waals surface area contributed by atoms with Gasteiger partial charge in [-0.25, -0.2) is 0 Å². The van der Waals surface area contributed by atoms with E-state index in [0.717, 1.165) is 5.56 Å². The molecule has 0 atom stereocenters. The minimum Gasteiger partial charge on any atom is -0.510 e. The Balaban J connectivity index is 1.76. The molecule has 0 radical (unpaired) electrons. The Morgan fingerprint density at radius 3 is 2.43 bits per heavy atom. The normalized spacial score (nSPS) is 14.3. The van der Waals surface area contributed by atoms with Crippen LogP contribution in [-0.2, 0) is 0 Å². The average Bonchev–Trinajstić information content (AvgIpc) is 2.82. The molecular weight excluding hydrogens is 314 g/mol. The summed E-state index contributed by atoms with van der Waals surface area (Å²) < 4.78 is 0. The van der Waals surface area contributed by atoms with Crippen LogP contribution in [0.2, 0.25) is 5.02 Å². The van der Waals surface area contributed by atoms with Gasteiger partial charge < -0.3 is 5.11 Å². The topological polar surface area (TPSA) is 76.4 Å². The Bertz CT molecular complexity index is 785. The second kappa shape index (κ2) is 6.14. The number of benzene rings is 2. The van der Waals surface area contributed by atoms with Crippen LogP contribution >= 0.6 is 11.6 Å². The third-order valence-corrected chi connectivity index (χ3v) is 3.76. The van der Waals surface area contributed by atoms with E-state index in [-0.39, 0.29) is 24.0 Å². The second-order valence-electron chi connectivity index (χ2n) is 5.07. The molecule has 116 valence electrons. The molecule has 5 nitrogen and oxygen atoms in total. The van der Waals surface area contributed by atoms with Crippen molar-refractivity contribution in [1.82, 2.24) is 10.4 Å². The summed E-state index contributed by atoms with van der Waals surface area (Å²) in [5.41, 5.74) is 4.20. The van der Waals surface area contributed by atoms with E-state index in [0.29, 0.717) is 16.2 Å². The number of nitrogens with one attached hydrogen (secondary N) is 2. The first-order valence-electron chi connectivity index (χ1n) is 6.97. The average molecular weight is 328 g/mol. The van der Waals surface area contributed by atoms with Gasteiger partial charge in [0.15, 0.2) is 5.84 Å². The van der Waals surface area contributed by atoms with Crippen molar-refractivity contribution in [2.45, 2.75) is 0 Å². The Hall–Kier alpha value is -2.79. The van der Waals surface area contributed by atoms with Gasteiger partial charge in [0, 0.05) is 10.6 Å². The van der Waals surface area contributed by atoms with Crippen LogP contribution in [0.5, 0.6) is 0 Å². The number of hydrazine groups is 1. The summed E-state index contributed by atoms with van der Waals surface area (Å²) in [5, 5.41) is 20.2. The van der Waals surface area contributed by atoms with Crippen LogP contribution < -0.4 is 5.43 Å². The van der Waals surface area contributed by atoms with Crippen molar-refractivity contribution >= 4 is 28.9 Å². The van der Waals surface area contributed by atoms with Gasteiger partial charge in [-0.1, -0.05) is 41.9 Å². The summed E-state index contributed by atoms with van der Waals surface area (Å²) in [6.45, 7) is 0.0579. The van der Waals surface area contributed by atoms with E-state index < -0.39 is 0 Å². The number of carbonyl (C=O) groups is 1. The number of hydrogen-bond donors (Lipinski definition) is 3. The van der Waals surface area contributed by atoms with Crippen LogP contribution in [0.3, 0.4) is 0 Å². The van der Waals surface area contributed by atoms with E-state index in [1.807, 2.05) is 30.3 Å². The van der Waals surface area contributed by atoms with Gasteiger partial charge in [-0.3, -0.25) is 20.6 Å². The fourth-order valence-electron chi connectivity index (χ4n) is 2.37. The molecule has 2 aromatic rings. The molecule has 6 heteroatoms. The standard InChI is InChI=1S/C17H14ClN3O2/c18-13-8-6-12(7-9-13)17(23)20-21-10-14(22)15(16(21)19)11-4-2-1-3-5-11/h1-9,19,22H,10H2,(H,20,23). The zero-order valence-electron chi connectivity index (χ0n) is 12.1. The monoisotopic (exact) mass is 327 g/mol. The lowest BCUT2D eigenvalue weighted by molar-refractivity contribution is 0.0874. The van der Waals surface area contributed by atoms with E-state index in [1.54, 1.807) is 24.3 Å². The zero-order valence-corrected chi connectivity index (χ0v) is 12.8. The van der Waals surface area contributed by atoms with Crippen molar-refractivity contribution < 1.29 is 9.90 Å². The predicted octanol–water partition coefficient (Wildman–Crippen LogP) is 3.25. The first kappa shape index (κ1) is 15.1. The maximum absolute atomic E-state index is 12.2. The van der Waals surface area contributed by atoms with Gasteiger partial charge in [0.1, 0.15) is 5.76 Å². The largest absolute Gasteiger partial charge is 0.510 e. The van der Waals surface area contributed by atoms with Crippen molar-refractivity contribution in [2.24, 2.45) is 0 Å². The van der Waals surface area contributed by atoms with E-state index in [9.17, 15) is 9.90 Å². The summed E-state index contributed by atoms with van der Waals surface area (Å²) in [6.07, 6.45) is 0. The minimum absolute atomic E-state index is 0.0519. The molecule has 3 rings (SSSR count). The summed E-state index contributed by atoms with van der Waals surface area (Å²) in [4.78, 5) is 12.2. The van der Waals surface area contributed by atoms with Gasteiger partial charge in [0.05, 0.1) is 12.1 Å². The summed E-state index contributed by atoms with van der Waals surface area (Å²) in [6, 6.07) is 15.6. The van der Waals surface area contributed by atoms with Crippen molar-refractivity contribution in [3.63, 3.8) is 0 Å². The molecule has 0 saturated carbocycles. The molecule has 1 aliphatic rings.